The molecule has 3 rings (SSSR count). The van der Waals surface area contributed by atoms with Crippen LogP contribution in [0.15, 0.2) is 16.5 Å². The molecule has 1 aliphatic rings. The fourth-order valence-corrected chi connectivity index (χ4v) is 2.29. The highest BCUT2D eigenvalue weighted by Gasteiger charge is 2.31. The predicted molar refractivity (Wildman–Crippen MR) is 61.0 cm³/mol. The van der Waals surface area contributed by atoms with Gasteiger partial charge in [-0.3, -0.25) is 0 Å². The largest absolute Gasteiger partial charge is 0.456 e. The lowest BCUT2D eigenvalue weighted by molar-refractivity contribution is 0.517. The molecule has 2 aromatic rings. The molecule has 0 aliphatic heterocycles. The van der Waals surface area contributed by atoms with E-state index in [-0.39, 0.29) is 10.6 Å². The normalized spacial score (nSPS) is 15.9. The smallest absolute Gasteiger partial charge is 0.184 e. The zero-order valence-electron chi connectivity index (χ0n) is 8.59. The molecule has 1 heterocycles. The molecular weight excluding hydrogens is 229 g/mol. The second-order valence-electron chi connectivity index (χ2n) is 4.16. The Kier molecular flexibility index (Phi) is 2.19. The van der Waals surface area contributed by atoms with Crippen LogP contribution in [0.3, 0.4) is 0 Å². The van der Waals surface area contributed by atoms with Crippen molar-refractivity contribution in [3.8, 4) is 0 Å². The fourth-order valence-electron chi connectivity index (χ4n) is 2.14. The summed E-state index contributed by atoms with van der Waals surface area (Å²) in [5.41, 5.74) is 6.94. The molecule has 4 heteroatoms. The van der Waals surface area contributed by atoms with E-state index in [1.54, 1.807) is 6.07 Å². The van der Waals surface area contributed by atoms with E-state index in [1.165, 1.54) is 0 Å². The van der Waals surface area contributed by atoms with Crippen molar-refractivity contribution in [2.24, 2.45) is 5.73 Å². The third-order valence-electron chi connectivity index (χ3n) is 3.04. The third-order valence-corrected chi connectivity index (χ3v) is 3.33. The maximum Gasteiger partial charge on any atom is 0.184 e. The van der Waals surface area contributed by atoms with Crippen LogP contribution in [-0.4, -0.2) is 0 Å². The van der Waals surface area contributed by atoms with Crippen molar-refractivity contribution in [1.82, 2.24) is 0 Å². The molecule has 16 heavy (non-hydrogen) atoms. The predicted octanol–water partition coefficient (Wildman–Crippen LogP) is 3.56. The first-order valence-corrected chi connectivity index (χ1v) is 5.69. The molecule has 0 bridgehead atoms. The van der Waals surface area contributed by atoms with Gasteiger partial charge in [0, 0.05) is 10.9 Å². The molecule has 2 nitrogen and oxygen atoms in total. The molecule has 1 aromatic heterocycles. The molecule has 0 atom stereocenters. The topological polar surface area (TPSA) is 39.2 Å². The van der Waals surface area contributed by atoms with Crippen molar-refractivity contribution in [3.05, 3.63) is 34.3 Å². The van der Waals surface area contributed by atoms with E-state index in [2.05, 4.69) is 0 Å². The number of benzene rings is 1. The van der Waals surface area contributed by atoms with Crippen LogP contribution >= 0.6 is 11.6 Å². The molecule has 0 spiro atoms. The van der Waals surface area contributed by atoms with Crippen LogP contribution in [0.1, 0.15) is 30.1 Å². The van der Waals surface area contributed by atoms with E-state index in [4.69, 9.17) is 21.8 Å². The Morgan fingerprint density at radius 3 is 2.81 bits per heavy atom. The number of hydrogen-bond acceptors (Lipinski definition) is 2. The van der Waals surface area contributed by atoms with Gasteiger partial charge in [-0.25, -0.2) is 4.39 Å². The van der Waals surface area contributed by atoms with Crippen LogP contribution < -0.4 is 5.73 Å². The van der Waals surface area contributed by atoms with Crippen molar-refractivity contribution in [1.29, 1.82) is 0 Å². The molecule has 0 radical (unpaired) electrons. The maximum atomic E-state index is 13.7. The standard InChI is InChI=1S/C12H11ClFNO/c13-8-4-3-7-10(6-1-2-6)9(5-15)16-12(7)11(8)14/h3-4,6H,1-2,5,15H2. The Labute approximate surface area is 97.2 Å². The molecule has 1 aromatic carbocycles. The van der Waals surface area contributed by atoms with Gasteiger partial charge < -0.3 is 10.2 Å². The number of fused-ring (bicyclic) bond motifs is 1. The number of furan rings is 1. The molecule has 2 N–H and O–H groups in total. The third kappa shape index (κ3) is 1.35. The van der Waals surface area contributed by atoms with E-state index in [0.29, 0.717) is 18.2 Å². The summed E-state index contributed by atoms with van der Waals surface area (Å²) in [7, 11) is 0. The van der Waals surface area contributed by atoms with Gasteiger partial charge in [0.15, 0.2) is 11.4 Å². The zero-order valence-corrected chi connectivity index (χ0v) is 9.35. The highest BCUT2D eigenvalue weighted by atomic mass is 35.5. The van der Waals surface area contributed by atoms with Gasteiger partial charge in [0.1, 0.15) is 5.76 Å². The number of halogens is 2. The summed E-state index contributed by atoms with van der Waals surface area (Å²) in [6.45, 7) is 0.303. The highest BCUT2D eigenvalue weighted by Crippen LogP contribution is 2.46. The van der Waals surface area contributed by atoms with Crippen LogP contribution in [0.25, 0.3) is 11.0 Å². The molecule has 0 unspecified atom stereocenters. The summed E-state index contributed by atoms with van der Waals surface area (Å²) in [6, 6.07) is 3.39. The van der Waals surface area contributed by atoms with Crippen molar-refractivity contribution in [3.63, 3.8) is 0 Å². The monoisotopic (exact) mass is 239 g/mol. The van der Waals surface area contributed by atoms with Gasteiger partial charge in [0.05, 0.1) is 11.6 Å². The van der Waals surface area contributed by atoms with Gasteiger partial charge in [0.25, 0.3) is 0 Å². The first-order chi connectivity index (χ1) is 7.72. The van der Waals surface area contributed by atoms with E-state index in [1.807, 2.05) is 6.07 Å². The highest BCUT2D eigenvalue weighted by molar-refractivity contribution is 6.31. The number of nitrogens with two attached hydrogens (primary N) is 1. The van der Waals surface area contributed by atoms with E-state index in [0.717, 1.165) is 23.8 Å². The van der Waals surface area contributed by atoms with E-state index < -0.39 is 5.82 Å². The van der Waals surface area contributed by atoms with Crippen molar-refractivity contribution >= 4 is 22.6 Å². The molecule has 1 fully saturated rings. The zero-order chi connectivity index (χ0) is 11.3. The van der Waals surface area contributed by atoms with Crippen LogP contribution in [-0.2, 0) is 6.54 Å². The van der Waals surface area contributed by atoms with Crippen LogP contribution in [0, 0.1) is 5.82 Å². The number of hydrogen-bond donors (Lipinski definition) is 1. The van der Waals surface area contributed by atoms with Crippen LogP contribution in [0.2, 0.25) is 5.02 Å². The lowest BCUT2D eigenvalue weighted by Crippen LogP contribution is -1.97. The molecule has 0 saturated heterocycles. The number of rotatable bonds is 2. The second-order valence-corrected chi connectivity index (χ2v) is 4.56. The first-order valence-electron chi connectivity index (χ1n) is 5.31. The van der Waals surface area contributed by atoms with Gasteiger partial charge >= 0.3 is 0 Å². The Hall–Kier alpha value is -1.06. The minimum Gasteiger partial charge on any atom is -0.456 e. The Morgan fingerprint density at radius 2 is 2.19 bits per heavy atom. The Balaban J connectivity index is 2.34. The minimum atomic E-state index is -0.485. The van der Waals surface area contributed by atoms with Crippen molar-refractivity contribution in [2.75, 3.05) is 0 Å². The van der Waals surface area contributed by atoms with Gasteiger partial charge in [0.2, 0.25) is 0 Å². The molecule has 0 amide bonds. The Morgan fingerprint density at radius 1 is 1.44 bits per heavy atom. The first kappa shape index (κ1) is 10.1. The van der Waals surface area contributed by atoms with E-state index >= 15 is 0 Å². The maximum absolute atomic E-state index is 13.7. The van der Waals surface area contributed by atoms with E-state index in [9.17, 15) is 4.39 Å². The second kappa shape index (κ2) is 3.47. The quantitative estimate of drug-likeness (QED) is 0.870. The van der Waals surface area contributed by atoms with Gasteiger partial charge in [-0.15, -0.1) is 0 Å². The summed E-state index contributed by atoms with van der Waals surface area (Å²) in [5.74, 6) is 0.694. The SMILES string of the molecule is NCc1oc2c(F)c(Cl)ccc2c1C1CC1. The summed E-state index contributed by atoms with van der Waals surface area (Å²) in [5, 5.41) is 0.914. The summed E-state index contributed by atoms with van der Waals surface area (Å²) in [6.07, 6.45) is 2.26. The van der Waals surface area contributed by atoms with Crippen LogP contribution in [0.4, 0.5) is 4.39 Å². The Bertz CT molecular complexity index is 560. The summed E-state index contributed by atoms with van der Waals surface area (Å²) < 4.78 is 19.2. The minimum absolute atomic E-state index is 0.0900. The lowest BCUT2D eigenvalue weighted by atomic mass is 10.1. The van der Waals surface area contributed by atoms with Crippen molar-refractivity contribution < 1.29 is 8.81 Å². The average Bonchev–Trinajstić information content (AvgIpc) is 3.04. The molecule has 1 aliphatic carbocycles. The molecular formula is C12H11ClFNO. The van der Waals surface area contributed by atoms with Gasteiger partial charge in [-0.2, -0.15) is 0 Å². The lowest BCUT2D eigenvalue weighted by Gasteiger charge is -1.97. The fraction of sp³-hybridized carbons (Fsp3) is 0.333. The summed E-state index contributed by atoms with van der Waals surface area (Å²) in [4.78, 5) is 0. The summed E-state index contributed by atoms with van der Waals surface area (Å²) >= 11 is 5.72. The van der Waals surface area contributed by atoms with Crippen LogP contribution in [0.5, 0.6) is 0 Å². The van der Waals surface area contributed by atoms with Gasteiger partial charge in [-0.1, -0.05) is 11.6 Å². The van der Waals surface area contributed by atoms with Crippen molar-refractivity contribution in [2.45, 2.75) is 25.3 Å². The molecule has 84 valence electrons. The van der Waals surface area contributed by atoms with Gasteiger partial charge in [-0.05, 0) is 30.9 Å². The average molecular weight is 240 g/mol. The molecule has 1 saturated carbocycles.